The molecule has 0 aliphatic heterocycles. The molecule has 1 rings (SSSR count). The molecule has 0 aliphatic carbocycles. The number of aliphatic hydroxyl groups excluding tert-OH is 1. The van der Waals surface area contributed by atoms with Gasteiger partial charge in [0.2, 0.25) is 5.91 Å². The molecular formula is C10H13NO3. The van der Waals surface area contributed by atoms with Crippen LogP contribution in [0.4, 0.5) is 0 Å². The van der Waals surface area contributed by atoms with E-state index in [1.54, 1.807) is 24.3 Å². The summed E-state index contributed by atoms with van der Waals surface area (Å²) >= 11 is 0. The summed E-state index contributed by atoms with van der Waals surface area (Å²) < 4.78 is 0. The highest BCUT2D eigenvalue weighted by Gasteiger charge is 1.97. The van der Waals surface area contributed by atoms with E-state index < -0.39 is 6.61 Å². The second-order valence-corrected chi connectivity index (χ2v) is 2.92. The number of rotatable bonds is 4. The molecule has 14 heavy (non-hydrogen) atoms. The summed E-state index contributed by atoms with van der Waals surface area (Å²) in [6.07, 6.45) is 0.687. The van der Waals surface area contributed by atoms with E-state index in [0.717, 1.165) is 5.56 Å². The van der Waals surface area contributed by atoms with Crippen LogP contribution in [-0.4, -0.2) is 29.3 Å². The summed E-state index contributed by atoms with van der Waals surface area (Å²) in [7, 11) is 0. The highest BCUT2D eigenvalue weighted by molar-refractivity contribution is 5.76. The zero-order valence-electron chi connectivity index (χ0n) is 7.73. The lowest BCUT2D eigenvalue weighted by Crippen LogP contribution is -2.28. The molecule has 4 heteroatoms. The van der Waals surface area contributed by atoms with Crippen molar-refractivity contribution < 1.29 is 15.0 Å². The van der Waals surface area contributed by atoms with Crippen LogP contribution in [0.15, 0.2) is 24.3 Å². The summed E-state index contributed by atoms with van der Waals surface area (Å²) in [5.74, 6) is -0.142. The van der Waals surface area contributed by atoms with Gasteiger partial charge in [0.1, 0.15) is 12.4 Å². The number of nitrogens with one attached hydrogen (secondary N) is 1. The van der Waals surface area contributed by atoms with Crippen molar-refractivity contribution in [3.63, 3.8) is 0 Å². The predicted molar refractivity (Wildman–Crippen MR) is 51.9 cm³/mol. The molecule has 0 atom stereocenters. The minimum absolute atomic E-state index is 0.230. The third-order valence-corrected chi connectivity index (χ3v) is 1.82. The molecule has 76 valence electrons. The highest BCUT2D eigenvalue weighted by Crippen LogP contribution is 2.09. The minimum Gasteiger partial charge on any atom is -0.508 e. The van der Waals surface area contributed by atoms with Gasteiger partial charge in [-0.25, -0.2) is 0 Å². The number of phenols is 1. The monoisotopic (exact) mass is 195 g/mol. The van der Waals surface area contributed by atoms with Crippen LogP contribution in [0.3, 0.4) is 0 Å². The Morgan fingerprint density at radius 3 is 2.50 bits per heavy atom. The van der Waals surface area contributed by atoms with Crippen molar-refractivity contribution in [1.82, 2.24) is 5.32 Å². The highest BCUT2D eigenvalue weighted by atomic mass is 16.3. The lowest BCUT2D eigenvalue weighted by atomic mass is 10.1. The van der Waals surface area contributed by atoms with Crippen LogP contribution in [0.2, 0.25) is 0 Å². The maximum atomic E-state index is 10.7. The van der Waals surface area contributed by atoms with Crippen LogP contribution in [0, 0.1) is 0 Å². The molecule has 1 amide bonds. The van der Waals surface area contributed by atoms with Crippen molar-refractivity contribution >= 4 is 5.91 Å². The maximum absolute atomic E-state index is 10.7. The van der Waals surface area contributed by atoms with E-state index in [2.05, 4.69) is 5.32 Å². The SMILES string of the molecule is O=C(CO)NCCc1ccc(O)cc1. The van der Waals surface area contributed by atoms with E-state index in [0.29, 0.717) is 13.0 Å². The third kappa shape index (κ3) is 3.45. The molecule has 0 radical (unpaired) electrons. The van der Waals surface area contributed by atoms with Crippen LogP contribution in [0.1, 0.15) is 5.56 Å². The van der Waals surface area contributed by atoms with Crippen LogP contribution in [0.5, 0.6) is 5.75 Å². The number of amides is 1. The van der Waals surface area contributed by atoms with Gasteiger partial charge in [0, 0.05) is 6.54 Å². The van der Waals surface area contributed by atoms with Gasteiger partial charge < -0.3 is 15.5 Å². The number of carbonyl (C=O) groups excluding carboxylic acids is 1. The van der Waals surface area contributed by atoms with Crippen molar-refractivity contribution in [3.05, 3.63) is 29.8 Å². The zero-order chi connectivity index (χ0) is 10.4. The average Bonchev–Trinajstić information content (AvgIpc) is 2.21. The fourth-order valence-corrected chi connectivity index (χ4v) is 1.06. The number of carbonyl (C=O) groups is 1. The summed E-state index contributed by atoms with van der Waals surface area (Å²) in [5, 5.41) is 20.0. The summed E-state index contributed by atoms with van der Waals surface area (Å²) in [5.41, 5.74) is 1.03. The van der Waals surface area contributed by atoms with Gasteiger partial charge in [0.25, 0.3) is 0 Å². The fourth-order valence-electron chi connectivity index (χ4n) is 1.06. The lowest BCUT2D eigenvalue weighted by Gasteiger charge is -2.03. The first kappa shape index (κ1) is 10.5. The Labute approximate surface area is 82.2 Å². The Morgan fingerprint density at radius 1 is 1.29 bits per heavy atom. The Hall–Kier alpha value is -1.55. The lowest BCUT2D eigenvalue weighted by molar-refractivity contribution is -0.123. The van der Waals surface area contributed by atoms with Crippen molar-refractivity contribution in [3.8, 4) is 5.75 Å². The van der Waals surface area contributed by atoms with Crippen LogP contribution in [0.25, 0.3) is 0 Å². The van der Waals surface area contributed by atoms with Crippen molar-refractivity contribution in [2.24, 2.45) is 0 Å². The van der Waals surface area contributed by atoms with Crippen LogP contribution in [-0.2, 0) is 11.2 Å². The quantitative estimate of drug-likeness (QED) is 0.635. The number of phenolic OH excluding ortho intramolecular Hbond substituents is 1. The van der Waals surface area contributed by atoms with E-state index in [4.69, 9.17) is 10.2 Å². The van der Waals surface area contributed by atoms with Crippen LogP contribution >= 0.6 is 0 Å². The van der Waals surface area contributed by atoms with Crippen LogP contribution < -0.4 is 5.32 Å². The van der Waals surface area contributed by atoms with Gasteiger partial charge in [-0.15, -0.1) is 0 Å². The van der Waals surface area contributed by atoms with Crippen molar-refractivity contribution in [2.45, 2.75) is 6.42 Å². The molecule has 0 aliphatic rings. The summed E-state index contributed by atoms with van der Waals surface area (Å²) in [4.78, 5) is 10.7. The van der Waals surface area contributed by atoms with E-state index >= 15 is 0 Å². The first-order chi connectivity index (χ1) is 6.72. The maximum Gasteiger partial charge on any atom is 0.245 e. The second-order valence-electron chi connectivity index (χ2n) is 2.92. The number of hydrogen-bond donors (Lipinski definition) is 3. The third-order valence-electron chi connectivity index (χ3n) is 1.82. The molecule has 0 saturated heterocycles. The van der Waals surface area contributed by atoms with E-state index in [1.807, 2.05) is 0 Å². The van der Waals surface area contributed by atoms with Crippen molar-refractivity contribution in [1.29, 1.82) is 0 Å². The smallest absolute Gasteiger partial charge is 0.245 e. The minimum atomic E-state index is -0.477. The first-order valence-electron chi connectivity index (χ1n) is 4.38. The Balaban J connectivity index is 2.31. The largest absolute Gasteiger partial charge is 0.508 e. The van der Waals surface area contributed by atoms with Gasteiger partial charge >= 0.3 is 0 Å². The average molecular weight is 195 g/mol. The Morgan fingerprint density at radius 2 is 1.93 bits per heavy atom. The molecule has 4 nitrogen and oxygen atoms in total. The molecular weight excluding hydrogens is 182 g/mol. The first-order valence-corrected chi connectivity index (χ1v) is 4.38. The molecule has 0 fully saturated rings. The number of aliphatic hydroxyl groups is 1. The molecule has 0 heterocycles. The van der Waals surface area contributed by atoms with Crippen molar-refractivity contribution in [2.75, 3.05) is 13.2 Å². The van der Waals surface area contributed by atoms with Gasteiger partial charge in [-0.2, -0.15) is 0 Å². The Kier molecular flexibility index (Phi) is 3.94. The number of benzene rings is 1. The van der Waals surface area contributed by atoms with E-state index in [9.17, 15) is 4.79 Å². The second kappa shape index (κ2) is 5.24. The Bertz CT molecular complexity index is 295. The summed E-state index contributed by atoms with van der Waals surface area (Å²) in [6, 6.07) is 6.78. The molecule has 3 N–H and O–H groups in total. The zero-order valence-corrected chi connectivity index (χ0v) is 7.73. The standard InChI is InChI=1S/C10H13NO3/c12-7-10(14)11-6-5-8-1-3-9(13)4-2-8/h1-4,12-13H,5-7H2,(H,11,14). The van der Waals surface area contributed by atoms with Gasteiger partial charge in [-0.05, 0) is 24.1 Å². The number of aromatic hydroxyl groups is 1. The van der Waals surface area contributed by atoms with Gasteiger partial charge in [0.05, 0.1) is 0 Å². The van der Waals surface area contributed by atoms with Gasteiger partial charge in [0.15, 0.2) is 0 Å². The van der Waals surface area contributed by atoms with E-state index in [1.165, 1.54) is 0 Å². The van der Waals surface area contributed by atoms with Gasteiger partial charge in [-0.3, -0.25) is 4.79 Å². The summed E-state index contributed by atoms with van der Waals surface area (Å²) in [6.45, 7) is 0.0136. The molecule has 0 aromatic heterocycles. The fraction of sp³-hybridized carbons (Fsp3) is 0.300. The molecule has 1 aromatic carbocycles. The number of hydrogen-bond acceptors (Lipinski definition) is 3. The predicted octanol–water partition coefficient (Wildman–Crippen LogP) is 0.0432. The topological polar surface area (TPSA) is 69.6 Å². The normalized spacial score (nSPS) is 9.79. The molecule has 1 aromatic rings. The molecule has 0 unspecified atom stereocenters. The molecule has 0 spiro atoms. The van der Waals surface area contributed by atoms with Gasteiger partial charge in [-0.1, -0.05) is 12.1 Å². The van der Waals surface area contributed by atoms with E-state index in [-0.39, 0.29) is 11.7 Å². The molecule has 0 saturated carbocycles. The molecule has 0 bridgehead atoms.